The van der Waals surface area contributed by atoms with Crippen LogP contribution in [0.15, 0.2) is 18.2 Å². The first-order valence-corrected chi connectivity index (χ1v) is 3.19. The molecule has 0 aliphatic heterocycles. The first-order valence-electron chi connectivity index (χ1n) is 3.19. The summed E-state index contributed by atoms with van der Waals surface area (Å²) in [6.07, 6.45) is -4.91. The lowest BCUT2D eigenvalue weighted by molar-refractivity contribution is -0.275. The molecule has 0 aliphatic rings. The summed E-state index contributed by atoms with van der Waals surface area (Å²) in [6.45, 7) is 0. The van der Waals surface area contributed by atoms with Gasteiger partial charge in [0.05, 0.1) is 0 Å². The van der Waals surface area contributed by atoms with Crippen LogP contribution in [-0.2, 0) is 0 Å². The molecular weight excluding hydrogens is 190 g/mol. The molecule has 74 valence electrons. The number of anilines is 1. The monoisotopic (exact) mass is 197 g/mol. The highest BCUT2D eigenvalue weighted by Crippen LogP contribution is 2.26. The number of nitrogen functional groups attached to an aromatic ring is 1. The van der Waals surface area contributed by atoms with Gasteiger partial charge < -0.3 is 10.5 Å². The van der Waals surface area contributed by atoms with Gasteiger partial charge in [-0.15, -0.1) is 13.2 Å². The molecule has 1 rings (SSSR count). The Kier molecular flexibility index (Phi) is 2.31. The molecule has 0 amide bonds. The lowest BCUT2D eigenvalue weighted by Gasteiger charge is -2.09. The minimum atomic E-state index is -4.91. The smallest absolute Gasteiger partial charge is 0.403 e. The van der Waals surface area contributed by atoms with Crippen molar-refractivity contribution in [3.63, 3.8) is 0 Å². The molecule has 0 spiro atoms. The standard InChI is InChI=1S/C7H5F4NO.H2/c8-5-2-1-4(12)3-6(5)13-7(9,10)11;/h1-3H,12H2;1H. The van der Waals surface area contributed by atoms with Crippen LogP contribution in [-0.4, -0.2) is 6.36 Å². The maximum absolute atomic E-state index is 12.6. The van der Waals surface area contributed by atoms with Crippen molar-refractivity contribution in [2.24, 2.45) is 0 Å². The Morgan fingerprint density at radius 3 is 2.46 bits per heavy atom. The molecule has 0 saturated heterocycles. The Labute approximate surface area is 72.4 Å². The van der Waals surface area contributed by atoms with Crippen molar-refractivity contribution >= 4 is 5.69 Å². The van der Waals surface area contributed by atoms with Crippen molar-refractivity contribution in [3.05, 3.63) is 24.0 Å². The van der Waals surface area contributed by atoms with Gasteiger partial charge >= 0.3 is 6.36 Å². The fourth-order valence-corrected chi connectivity index (χ4v) is 0.723. The predicted molar refractivity (Wildman–Crippen MR) is 39.6 cm³/mol. The lowest BCUT2D eigenvalue weighted by Crippen LogP contribution is -2.18. The molecule has 6 heteroatoms. The van der Waals surface area contributed by atoms with E-state index in [2.05, 4.69) is 4.74 Å². The molecule has 0 radical (unpaired) electrons. The highest BCUT2D eigenvalue weighted by atomic mass is 19.4. The largest absolute Gasteiger partial charge is 0.573 e. The fraction of sp³-hybridized carbons (Fsp3) is 0.143. The van der Waals surface area contributed by atoms with E-state index in [0.717, 1.165) is 18.2 Å². The maximum Gasteiger partial charge on any atom is 0.573 e. The second-order valence-corrected chi connectivity index (χ2v) is 2.24. The van der Waals surface area contributed by atoms with Gasteiger partial charge in [0.1, 0.15) is 0 Å². The normalized spacial score (nSPS) is 11.4. The van der Waals surface area contributed by atoms with Crippen LogP contribution in [0, 0.1) is 5.82 Å². The van der Waals surface area contributed by atoms with Gasteiger partial charge in [-0.3, -0.25) is 0 Å². The molecule has 2 nitrogen and oxygen atoms in total. The zero-order valence-electron chi connectivity index (χ0n) is 6.23. The number of hydrogen-bond donors (Lipinski definition) is 1. The number of alkyl halides is 3. The third-order valence-corrected chi connectivity index (χ3v) is 1.18. The first kappa shape index (κ1) is 9.63. The summed E-state index contributed by atoms with van der Waals surface area (Å²) in [6, 6.07) is 2.71. The van der Waals surface area contributed by atoms with E-state index in [1.807, 2.05) is 0 Å². The lowest BCUT2D eigenvalue weighted by atomic mass is 10.3. The molecule has 0 bridgehead atoms. The average molecular weight is 197 g/mol. The molecule has 0 fully saturated rings. The van der Waals surface area contributed by atoms with Gasteiger partial charge in [0.15, 0.2) is 11.6 Å². The van der Waals surface area contributed by atoms with E-state index >= 15 is 0 Å². The third-order valence-electron chi connectivity index (χ3n) is 1.18. The van der Waals surface area contributed by atoms with Crippen molar-refractivity contribution in [1.29, 1.82) is 0 Å². The van der Waals surface area contributed by atoms with Gasteiger partial charge in [-0.25, -0.2) is 4.39 Å². The van der Waals surface area contributed by atoms with Gasteiger partial charge in [0.2, 0.25) is 0 Å². The molecule has 2 N–H and O–H groups in total. The average Bonchev–Trinajstić information content (AvgIpc) is 1.94. The van der Waals surface area contributed by atoms with E-state index in [9.17, 15) is 17.6 Å². The zero-order valence-corrected chi connectivity index (χ0v) is 6.23. The number of halogens is 4. The van der Waals surface area contributed by atoms with Crippen molar-refractivity contribution in [2.75, 3.05) is 5.73 Å². The maximum atomic E-state index is 12.6. The van der Waals surface area contributed by atoms with Crippen molar-refractivity contribution in [2.45, 2.75) is 6.36 Å². The topological polar surface area (TPSA) is 35.2 Å². The van der Waals surface area contributed by atoms with E-state index in [1.54, 1.807) is 0 Å². The van der Waals surface area contributed by atoms with E-state index in [4.69, 9.17) is 5.73 Å². The first-order chi connectivity index (χ1) is 5.88. The van der Waals surface area contributed by atoms with E-state index in [0.29, 0.717) is 0 Å². The van der Waals surface area contributed by atoms with Crippen LogP contribution >= 0.6 is 0 Å². The van der Waals surface area contributed by atoms with Crippen molar-refractivity contribution in [1.82, 2.24) is 0 Å². The molecule has 13 heavy (non-hydrogen) atoms. The fourth-order valence-electron chi connectivity index (χ4n) is 0.723. The quantitative estimate of drug-likeness (QED) is 0.554. The van der Waals surface area contributed by atoms with E-state index in [1.165, 1.54) is 0 Å². The summed E-state index contributed by atoms with van der Waals surface area (Å²) in [5.41, 5.74) is 5.13. The van der Waals surface area contributed by atoms with E-state index in [-0.39, 0.29) is 7.11 Å². The number of rotatable bonds is 1. The van der Waals surface area contributed by atoms with Crippen LogP contribution in [0.5, 0.6) is 5.75 Å². The Hall–Kier alpha value is -1.46. The highest BCUT2D eigenvalue weighted by Gasteiger charge is 2.32. The molecule has 0 aromatic heterocycles. The zero-order chi connectivity index (χ0) is 10.1. The van der Waals surface area contributed by atoms with Gasteiger partial charge in [-0.1, -0.05) is 0 Å². The van der Waals surface area contributed by atoms with Crippen LogP contribution in [0.1, 0.15) is 1.43 Å². The molecular formula is C7H7F4NO. The van der Waals surface area contributed by atoms with Gasteiger partial charge in [-0.2, -0.15) is 0 Å². The molecule has 1 aromatic carbocycles. The Morgan fingerprint density at radius 1 is 1.31 bits per heavy atom. The SMILES string of the molecule is Nc1ccc(F)c(OC(F)(F)F)c1.[HH]. The minimum Gasteiger partial charge on any atom is -0.403 e. The molecule has 1 aromatic rings. The summed E-state index contributed by atoms with van der Waals surface area (Å²) in [7, 11) is 0. The molecule has 0 atom stereocenters. The summed E-state index contributed by atoms with van der Waals surface area (Å²) >= 11 is 0. The summed E-state index contributed by atoms with van der Waals surface area (Å²) in [4.78, 5) is 0. The Morgan fingerprint density at radius 2 is 1.92 bits per heavy atom. The third kappa shape index (κ3) is 2.81. The molecule has 0 aliphatic carbocycles. The van der Waals surface area contributed by atoms with Crippen molar-refractivity contribution in [3.8, 4) is 5.75 Å². The van der Waals surface area contributed by atoms with Crippen LogP contribution < -0.4 is 10.5 Å². The van der Waals surface area contributed by atoms with Crippen LogP contribution in [0.4, 0.5) is 23.2 Å². The van der Waals surface area contributed by atoms with Gasteiger partial charge in [0, 0.05) is 13.2 Å². The van der Waals surface area contributed by atoms with Crippen LogP contribution in [0.2, 0.25) is 0 Å². The summed E-state index contributed by atoms with van der Waals surface area (Å²) in [5.74, 6) is -2.03. The van der Waals surface area contributed by atoms with Crippen LogP contribution in [0.3, 0.4) is 0 Å². The second kappa shape index (κ2) is 3.12. The van der Waals surface area contributed by atoms with Crippen LogP contribution in [0.25, 0.3) is 0 Å². The second-order valence-electron chi connectivity index (χ2n) is 2.24. The molecule has 0 heterocycles. The van der Waals surface area contributed by atoms with Gasteiger partial charge in [0.25, 0.3) is 0 Å². The highest BCUT2D eigenvalue weighted by molar-refractivity contribution is 5.44. The number of benzene rings is 1. The number of hydrogen-bond acceptors (Lipinski definition) is 2. The van der Waals surface area contributed by atoms with Gasteiger partial charge in [-0.05, 0) is 12.1 Å². The number of nitrogens with two attached hydrogens (primary N) is 1. The van der Waals surface area contributed by atoms with E-state index < -0.39 is 17.9 Å². The molecule has 0 saturated carbocycles. The molecule has 0 unspecified atom stereocenters. The summed E-state index contributed by atoms with van der Waals surface area (Å²) in [5, 5.41) is 0. The Balaban J connectivity index is 0.00000169. The number of ether oxygens (including phenoxy) is 1. The predicted octanol–water partition coefficient (Wildman–Crippen LogP) is 2.55. The van der Waals surface area contributed by atoms with Crippen molar-refractivity contribution < 1.29 is 23.7 Å². The Bertz CT molecular complexity index is 315. The minimum absolute atomic E-state index is 0. The summed E-state index contributed by atoms with van der Waals surface area (Å²) < 4.78 is 50.8.